The first-order chi connectivity index (χ1) is 15.9. The number of aliphatic hydroxyl groups excluding tert-OH is 2. The zero-order valence-corrected chi connectivity index (χ0v) is 21.9. The molecule has 4 aliphatic rings. The van der Waals surface area contributed by atoms with Crippen LogP contribution in [0.2, 0.25) is 0 Å². The van der Waals surface area contributed by atoms with Crippen LogP contribution in [0, 0.1) is 46.3 Å². The molecule has 0 aliphatic heterocycles. The van der Waals surface area contributed by atoms with Crippen LogP contribution in [0.1, 0.15) is 85.0 Å². The molecule has 4 rings (SSSR count). The van der Waals surface area contributed by atoms with Gasteiger partial charge in [-0.1, -0.05) is 20.8 Å². The SMILES string of the molecule is C[C@H](CCC(=O)NCCS(=O)(=O)O)C1CC[C@H]2[C@@H]3CC[C@@H]4C[C@H](O)CC[C@]4(C)[C@H]3C[C@H](O)[C@]12C. The van der Waals surface area contributed by atoms with Gasteiger partial charge in [-0.05, 0) is 104 Å². The number of hydrogen-bond acceptors (Lipinski definition) is 5. The van der Waals surface area contributed by atoms with E-state index >= 15 is 0 Å². The standard InChI is InChI=1S/C26H45NO6S/c1-16(4-9-24(30)27-12-13-34(31,32)33)20-7-8-21-19-6-5-17-14-18(28)10-11-25(17,2)22(19)15-23(29)26(20,21)3/h16-23,28-29H,4-15H2,1-3H3,(H,27,30)(H,31,32,33)/t16-,17-,18-,19+,20?,21+,22+,23+,25+,26-/m1/s1. The molecule has 4 N–H and O–H groups in total. The Balaban J connectivity index is 1.40. The maximum absolute atomic E-state index is 12.2. The Labute approximate surface area is 205 Å². The van der Waals surface area contributed by atoms with Crippen molar-refractivity contribution < 1.29 is 28.0 Å². The van der Waals surface area contributed by atoms with Crippen molar-refractivity contribution in [1.82, 2.24) is 5.32 Å². The molecule has 0 aromatic carbocycles. The fourth-order valence-electron chi connectivity index (χ4n) is 9.13. The highest BCUT2D eigenvalue weighted by Gasteiger charge is 2.63. The first-order valence-corrected chi connectivity index (χ1v) is 15.0. The van der Waals surface area contributed by atoms with Crippen LogP contribution in [0.4, 0.5) is 0 Å². The summed E-state index contributed by atoms with van der Waals surface area (Å²) < 4.78 is 30.5. The van der Waals surface area contributed by atoms with Gasteiger partial charge in [-0.15, -0.1) is 0 Å². The van der Waals surface area contributed by atoms with E-state index in [0.29, 0.717) is 48.3 Å². The number of aliphatic hydroxyl groups is 2. The van der Waals surface area contributed by atoms with E-state index < -0.39 is 15.9 Å². The normalized spacial score (nSPS) is 45.1. The number of hydrogen-bond donors (Lipinski definition) is 4. The minimum Gasteiger partial charge on any atom is -0.393 e. The highest BCUT2D eigenvalue weighted by molar-refractivity contribution is 7.85. The second kappa shape index (κ2) is 9.64. The minimum absolute atomic E-state index is 0.0756. The van der Waals surface area contributed by atoms with Crippen molar-refractivity contribution in [2.75, 3.05) is 12.3 Å². The van der Waals surface area contributed by atoms with E-state index in [0.717, 1.165) is 38.5 Å². The van der Waals surface area contributed by atoms with Gasteiger partial charge in [-0.3, -0.25) is 9.35 Å². The molecule has 0 aromatic heterocycles. The van der Waals surface area contributed by atoms with E-state index in [1.807, 2.05) is 0 Å². The molecule has 4 saturated carbocycles. The number of fused-ring (bicyclic) bond motifs is 5. The topological polar surface area (TPSA) is 124 Å². The Bertz CT molecular complexity index is 863. The van der Waals surface area contributed by atoms with Crippen LogP contribution in [0.15, 0.2) is 0 Å². The summed E-state index contributed by atoms with van der Waals surface area (Å²) >= 11 is 0. The predicted molar refractivity (Wildman–Crippen MR) is 130 cm³/mol. The summed E-state index contributed by atoms with van der Waals surface area (Å²) in [6.07, 6.45) is 8.93. The van der Waals surface area contributed by atoms with Gasteiger partial charge in [0.05, 0.1) is 18.0 Å². The molecule has 0 aromatic rings. The first-order valence-electron chi connectivity index (χ1n) is 13.4. The number of amides is 1. The number of carbonyl (C=O) groups excluding carboxylic acids is 1. The third kappa shape index (κ3) is 4.81. The number of nitrogens with one attached hydrogen (secondary N) is 1. The molecule has 34 heavy (non-hydrogen) atoms. The van der Waals surface area contributed by atoms with Crippen LogP contribution in [-0.2, 0) is 14.9 Å². The summed E-state index contributed by atoms with van der Waals surface area (Å²) in [4.78, 5) is 12.2. The average molecular weight is 500 g/mol. The lowest BCUT2D eigenvalue weighted by atomic mass is 9.43. The van der Waals surface area contributed by atoms with E-state index in [-0.39, 0.29) is 35.5 Å². The van der Waals surface area contributed by atoms with Crippen molar-refractivity contribution in [3.8, 4) is 0 Å². The third-order valence-corrected chi connectivity index (χ3v) is 11.7. The van der Waals surface area contributed by atoms with Crippen LogP contribution in [-0.4, -0.2) is 53.6 Å². The quantitative estimate of drug-likeness (QED) is 0.398. The zero-order chi connectivity index (χ0) is 24.9. The fraction of sp³-hybridized carbons (Fsp3) is 0.962. The second-order valence-electron chi connectivity index (χ2n) is 12.5. The predicted octanol–water partition coefficient (Wildman–Crippen LogP) is 3.40. The largest absolute Gasteiger partial charge is 0.393 e. The van der Waals surface area contributed by atoms with Gasteiger partial charge in [0, 0.05) is 13.0 Å². The lowest BCUT2D eigenvalue weighted by Gasteiger charge is -2.62. The van der Waals surface area contributed by atoms with E-state index in [9.17, 15) is 23.4 Å². The Morgan fingerprint density at radius 2 is 1.79 bits per heavy atom. The molecule has 7 nitrogen and oxygen atoms in total. The molecule has 8 heteroatoms. The van der Waals surface area contributed by atoms with Crippen molar-refractivity contribution in [1.29, 1.82) is 0 Å². The van der Waals surface area contributed by atoms with Crippen molar-refractivity contribution >= 4 is 16.0 Å². The molecular formula is C26H45NO6S. The smallest absolute Gasteiger partial charge is 0.266 e. The Morgan fingerprint density at radius 3 is 2.50 bits per heavy atom. The lowest BCUT2D eigenvalue weighted by molar-refractivity contribution is -0.174. The van der Waals surface area contributed by atoms with Gasteiger partial charge in [-0.25, -0.2) is 0 Å². The van der Waals surface area contributed by atoms with Gasteiger partial charge in [-0.2, -0.15) is 8.42 Å². The Kier molecular flexibility index (Phi) is 7.47. The molecule has 0 saturated heterocycles. The van der Waals surface area contributed by atoms with Gasteiger partial charge in [0.15, 0.2) is 0 Å². The molecule has 10 atom stereocenters. The van der Waals surface area contributed by atoms with Gasteiger partial charge in [0.2, 0.25) is 5.91 Å². The van der Waals surface area contributed by atoms with Crippen LogP contribution >= 0.6 is 0 Å². The maximum atomic E-state index is 12.2. The maximum Gasteiger partial charge on any atom is 0.266 e. The third-order valence-electron chi connectivity index (χ3n) is 11.0. The minimum atomic E-state index is -4.07. The van der Waals surface area contributed by atoms with Gasteiger partial charge < -0.3 is 15.5 Å². The Morgan fingerprint density at radius 1 is 1.06 bits per heavy atom. The van der Waals surface area contributed by atoms with Crippen LogP contribution in [0.5, 0.6) is 0 Å². The molecule has 1 unspecified atom stereocenters. The van der Waals surface area contributed by atoms with Crippen LogP contribution < -0.4 is 5.32 Å². The van der Waals surface area contributed by atoms with Crippen molar-refractivity contribution in [3.63, 3.8) is 0 Å². The van der Waals surface area contributed by atoms with Gasteiger partial charge in [0.25, 0.3) is 10.1 Å². The van der Waals surface area contributed by atoms with E-state index in [1.165, 1.54) is 12.8 Å². The van der Waals surface area contributed by atoms with Crippen LogP contribution in [0.25, 0.3) is 0 Å². The highest BCUT2D eigenvalue weighted by atomic mass is 32.2. The Hall–Kier alpha value is -0.700. The first kappa shape index (κ1) is 26.4. The molecule has 0 bridgehead atoms. The second-order valence-corrected chi connectivity index (χ2v) is 14.1. The van der Waals surface area contributed by atoms with Gasteiger partial charge in [0.1, 0.15) is 0 Å². The molecule has 0 heterocycles. The zero-order valence-electron chi connectivity index (χ0n) is 21.1. The van der Waals surface area contributed by atoms with Crippen molar-refractivity contribution in [2.45, 2.75) is 97.2 Å². The van der Waals surface area contributed by atoms with Crippen LogP contribution in [0.3, 0.4) is 0 Å². The molecular weight excluding hydrogens is 454 g/mol. The average Bonchev–Trinajstić information content (AvgIpc) is 3.11. The highest BCUT2D eigenvalue weighted by Crippen LogP contribution is 2.68. The molecule has 4 aliphatic carbocycles. The number of rotatable bonds is 7. The monoisotopic (exact) mass is 499 g/mol. The molecule has 0 spiro atoms. The summed E-state index contributed by atoms with van der Waals surface area (Å²) in [7, 11) is -4.07. The molecule has 0 radical (unpaired) electrons. The summed E-state index contributed by atoms with van der Waals surface area (Å²) in [6.45, 7) is 6.86. The summed E-state index contributed by atoms with van der Waals surface area (Å²) in [6, 6.07) is 0. The molecule has 196 valence electrons. The lowest BCUT2D eigenvalue weighted by Crippen LogP contribution is -2.58. The van der Waals surface area contributed by atoms with E-state index in [4.69, 9.17) is 4.55 Å². The van der Waals surface area contributed by atoms with Gasteiger partial charge >= 0.3 is 0 Å². The summed E-state index contributed by atoms with van der Waals surface area (Å²) in [5, 5.41) is 24.5. The fourth-order valence-corrected chi connectivity index (χ4v) is 9.49. The number of carbonyl (C=O) groups is 1. The van der Waals surface area contributed by atoms with Crippen molar-refractivity contribution in [2.24, 2.45) is 46.3 Å². The summed E-state index contributed by atoms with van der Waals surface area (Å²) in [5.41, 5.74) is 0.105. The molecule has 1 amide bonds. The molecule has 4 fully saturated rings. The summed E-state index contributed by atoms with van der Waals surface area (Å²) in [5.74, 6) is 2.28. The van der Waals surface area contributed by atoms with Crippen molar-refractivity contribution in [3.05, 3.63) is 0 Å². The van der Waals surface area contributed by atoms with E-state index in [2.05, 4.69) is 26.1 Å². The van der Waals surface area contributed by atoms with E-state index in [1.54, 1.807) is 0 Å².